The number of sulfonamides is 1. The summed E-state index contributed by atoms with van der Waals surface area (Å²) in [5, 5.41) is 8.89. The summed E-state index contributed by atoms with van der Waals surface area (Å²) in [6.07, 6.45) is 2.28. The van der Waals surface area contributed by atoms with E-state index in [1.54, 1.807) is 12.1 Å². The zero-order chi connectivity index (χ0) is 19.2. The molecule has 1 aromatic carbocycles. The van der Waals surface area contributed by atoms with Gasteiger partial charge in [-0.05, 0) is 37.0 Å². The second-order valence-corrected chi connectivity index (χ2v) is 7.96. The first-order valence-electron chi connectivity index (χ1n) is 8.41. The molecule has 0 unspecified atom stereocenters. The van der Waals surface area contributed by atoms with Gasteiger partial charge in [0.05, 0.1) is 11.5 Å². The lowest BCUT2D eigenvalue weighted by Gasteiger charge is -2.20. The van der Waals surface area contributed by atoms with E-state index in [1.807, 2.05) is 0 Å². The van der Waals surface area contributed by atoms with Crippen molar-refractivity contribution in [2.45, 2.75) is 36.6 Å². The molecule has 1 saturated carbocycles. The standard InChI is InChI=1S/C17H24N2O6S/c1-25-11-10-19(12-17(21)22)16(20)9-4-13-2-7-15(8-3-13)26(23,24)18-14-5-6-14/h2-3,7-8,14,18H,4-6,9-12H2,1H3,(H,21,22). The van der Waals surface area contributed by atoms with Crippen LogP contribution in [0.2, 0.25) is 0 Å². The summed E-state index contributed by atoms with van der Waals surface area (Å²) in [6.45, 7) is 0.109. The predicted molar refractivity (Wildman–Crippen MR) is 94.2 cm³/mol. The predicted octanol–water partition coefficient (Wildman–Crippen LogP) is 0.620. The Labute approximate surface area is 153 Å². The molecule has 0 saturated heterocycles. The molecule has 1 amide bonds. The van der Waals surface area contributed by atoms with Crippen LogP contribution in [-0.4, -0.2) is 63.1 Å². The highest BCUT2D eigenvalue weighted by Gasteiger charge is 2.27. The largest absolute Gasteiger partial charge is 0.480 e. The second kappa shape index (κ2) is 9.11. The normalized spacial score (nSPS) is 14.2. The molecule has 26 heavy (non-hydrogen) atoms. The maximum absolute atomic E-state index is 12.2. The molecule has 1 fully saturated rings. The van der Waals surface area contributed by atoms with Crippen molar-refractivity contribution in [2.24, 2.45) is 0 Å². The van der Waals surface area contributed by atoms with Crippen LogP contribution in [0.3, 0.4) is 0 Å². The molecule has 2 N–H and O–H groups in total. The third kappa shape index (κ3) is 6.40. The second-order valence-electron chi connectivity index (χ2n) is 6.24. The number of carboxylic acids is 1. The number of rotatable bonds is 11. The number of amides is 1. The lowest BCUT2D eigenvalue weighted by Crippen LogP contribution is -2.38. The summed E-state index contributed by atoms with van der Waals surface area (Å²) in [6, 6.07) is 6.43. The summed E-state index contributed by atoms with van der Waals surface area (Å²) < 4.78 is 31.7. The van der Waals surface area contributed by atoms with Gasteiger partial charge in [-0.2, -0.15) is 0 Å². The number of hydrogen-bond donors (Lipinski definition) is 2. The summed E-state index contributed by atoms with van der Waals surface area (Å²) >= 11 is 0. The van der Waals surface area contributed by atoms with Crippen LogP contribution in [-0.2, 0) is 30.8 Å². The lowest BCUT2D eigenvalue weighted by atomic mass is 10.1. The third-order valence-electron chi connectivity index (χ3n) is 4.00. The molecule has 2 rings (SSSR count). The quantitative estimate of drug-likeness (QED) is 0.578. The highest BCUT2D eigenvalue weighted by atomic mass is 32.2. The number of carboxylic acid groups (broad SMARTS) is 1. The number of aliphatic carboxylic acids is 1. The average Bonchev–Trinajstić information content (AvgIpc) is 3.39. The Kier molecular flexibility index (Phi) is 7.13. The van der Waals surface area contributed by atoms with Gasteiger partial charge in [-0.15, -0.1) is 0 Å². The van der Waals surface area contributed by atoms with Crippen LogP contribution >= 0.6 is 0 Å². The number of methoxy groups -OCH3 is 1. The minimum atomic E-state index is -3.49. The number of aryl methyl sites for hydroxylation is 1. The van der Waals surface area contributed by atoms with Gasteiger partial charge in [0.15, 0.2) is 0 Å². The van der Waals surface area contributed by atoms with Gasteiger partial charge >= 0.3 is 5.97 Å². The van der Waals surface area contributed by atoms with Gasteiger partial charge in [-0.3, -0.25) is 9.59 Å². The molecule has 8 nitrogen and oxygen atoms in total. The molecule has 0 radical (unpaired) electrons. The third-order valence-corrected chi connectivity index (χ3v) is 5.54. The Morgan fingerprint density at radius 1 is 1.27 bits per heavy atom. The Bertz CT molecular complexity index is 728. The van der Waals surface area contributed by atoms with E-state index >= 15 is 0 Å². The van der Waals surface area contributed by atoms with Gasteiger partial charge in [0.2, 0.25) is 15.9 Å². The van der Waals surface area contributed by atoms with Crippen LogP contribution in [0.4, 0.5) is 0 Å². The fraction of sp³-hybridized carbons (Fsp3) is 0.529. The topological polar surface area (TPSA) is 113 Å². The zero-order valence-electron chi connectivity index (χ0n) is 14.7. The highest BCUT2D eigenvalue weighted by Crippen LogP contribution is 2.22. The SMILES string of the molecule is COCCN(CC(=O)O)C(=O)CCc1ccc(S(=O)(=O)NC2CC2)cc1. The van der Waals surface area contributed by atoms with Crippen molar-refractivity contribution >= 4 is 21.9 Å². The zero-order valence-corrected chi connectivity index (χ0v) is 15.5. The van der Waals surface area contributed by atoms with Crippen LogP contribution < -0.4 is 4.72 Å². The maximum Gasteiger partial charge on any atom is 0.323 e. The number of benzene rings is 1. The molecule has 9 heteroatoms. The van der Waals surface area contributed by atoms with Crippen LogP contribution in [0.25, 0.3) is 0 Å². The molecule has 0 aliphatic heterocycles. The van der Waals surface area contributed by atoms with E-state index in [1.165, 1.54) is 24.1 Å². The number of hydrogen-bond acceptors (Lipinski definition) is 5. The maximum atomic E-state index is 12.2. The fourth-order valence-corrected chi connectivity index (χ4v) is 3.69. The van der Waals surface area contributed by atoms with E-state index < -0.39 is 16.0 Å². The Morgan fingerprint density at radius 3 is 2.46 bits per heavy atom. The van der Waals surface area contributed by atoms with E-state index in [2.05, 4.69) is 4.72 Å². The van der Waals surface area contributed by atoms with Gasteiger partial charge in [0.1, 0.15) is 6.54 Å². The minimum absolute atomic E-state index is 0.0459. The number of nitrogens with one attached hydrogen (secondary N) is 1. The lowest BCUT2D eigenvalue weighted by molar-refractivity contribution is -0.144. The van der Waals surface area contributed by atoms with E-state index in [4.69, 9.17) is 9.84 Å². The first-order valence-corrected chi connectivity index (χ1v) is 9.90. The van der Waals surface area contributed by atoms with Crippen molar-refractivity contribution < 1.29 is 27.9 Å². The summed E-state index contributed by atoms with van der Waals surface area (Å²) in [5.41, 5.74) is 0.811. The molecule has 144 valence electrons. The highest BCUT2D eigenvalue weighted by molar-refractivity contribution is 7.89. The smallest absolute Gasteiger partial charge is 0.323 e. The Balaban J connectivity index is 1.91. The molecule has 1 aliphatic rings. The molecule has 1 aromatic rings. The van der Waals surface area contributed by atoms with Crippen LogP contribution in [0, 0.1) is 0 Å². The van der Waals surface area contributed by atoms with Gasteiger partial charge < -0.3 is 14.7 Å². The van der Waals surface area contributed by atoms with Crippen molar-refractivity contribution in [1.29, 1.82) is 0 Å². The minimum Gasteiger partial charge on any atom is -0.480 e. The molecule has 0 aromatic heterocycles. The summed E-state index contributed by atoms with van der Waals surface area (Å²) in [5.74, 6) is -1.36. The van der Waals surface area contributed by atoms with Crippen LogP contribution in [0.15, 0.2) is 29.2 Å². The van der Waals surface area contributed by atoms with Crippen molar-refractivity contribution in [3.8, 4) is 0 Å². The number of nitrogens with zero attached hydrogens (tertiary/aromatic N) is 1. The number of carbonyl (C=O) groups excluding carboxylic acids is 1. The summed E-state index contributed by atoms with van der Waals surface area (Å²) in [4.78, 5) is 24.5. The Morgan fingerprint density at radius 2 is 1.92 bits per heavy atom. The number of carbonyl (C=O) groups is 2. The molecule has 0 heterocycles. The van der Waals surface area contributed by atoms with Crippen molar-refractivity contribution in [3.05, 3.63) is 29.8 Å². The van der Waals surface area contributed by atoms with E-state index in [0.717, 1.165) is 18.4 Å². The molecular weight excluding hydrogens is 360 g/mol. The average molecular weight is 384 g/mol. The first-order chi connectivity index (χ1) is 12.3. The van der Waals surface area contributed by atoms with E-state index in [0.29, 0.717) is 6.42 Å². The van der Waals surface area contributed by atoms with Crippen molar-refractivity contribution in [1.82, 2.24) is 9.62 Å². The van der Waals surface area contributed by atoms with Crippen LogP contribution in [0.5, 0.6) is 0 Å². The number of ether oxygens (including phenoxy) is 1. The first kappa shape index (κ1) is 20.3. The molecule has 0 spiro atoms. The molecule has 1 aliphatic carbocycles. The van der Waals surface area contributed by atoms with Gasteiger partial charge in [-0.1, -0.05) is 12.1 Å². The van der Waals surface area contributed by atoms with E-state index in [9.17, 15) is 18.0 Å². The van der Waals surface area contributed by atoms with Gasteiger partial charge in [0, 0.05) is 26.1 Å². The Hall–Kier alpha value is -1.97. The summed E-state index contributed by atoms with van der Waals surface area (Å²) in [7, 11) is -2.00. The monoisotopic (exact) mass is 384 g/mol. The van der Waals surface area contributed by atoms with Gasteiger partial charge in [-0.25, -0.2) is 13.1 Å². The van der Waals surface area contributed by atoms with Crippen LogP contribution in [0.1, 0.15) is 24.8 Å². The molecular formula is C17H24N2O6S. The van der Waals surface area contributed by atoms with E-state index in [-0.39, 0.29) is 43.0 Å². The molecule has 0 bridgehead atoms. The van der Waals surface area contributed by atoms with Crippen molar-refractivity contribution in [3.63, 3.8) is 0 Å². The van der Waals surface area contributed by atoms with Crippen molar-refractivity contribution in [2.75, 3.05) is 26.8 Å². The fourth-order valence-electron chi connectivity index (χ4n) is 2.39. The van der Waals surface area contributed by atoms with Gasteiger partial charge in [0.25, 0.3) is 0 Å². The molecule has 0 atom stereocenters.